The molecular weight excluding hydrogens is 374 g/mol. The SMILES string of the molecule is O=S(=O)(NCCc1ncc2ccccn12)c1ccc(Br)s1. The van der Waals surface area contributed by atoms with Gasteiger partial charge in [0.25, 0.3) is 0 Å². The molecule has 0 spiro atoms. The molecule has 8 heteroatoms. The van der Waals surface area contributed by atoms with Gasteiger partial charge in [-0.15, -0.1) is 11.3 Å². The quantitative estimate of drug-likeness (QED) is 0.734. The third-order valence-corrected chi connectivity index (χ3v) is 6.55. The molecule has 110 valence electrons. The van der Waals surface area contributed by atoms with Crippen LogP contribution in [0.25, 0.3) is 5.52 Å². The molecule has 0 aromatic carbocycles. The average Bonchev–Trinajstić information content (AvgIpc) is 3.06. The van der Waals surface area contributed by atoms with Gasteiger partial charge in [-0.3, -0.25) is 0 Å². The third kappa shape index (κ3) is 3.18. The number of hydrogen-bond donors (Lipinski definition) is 1. The van der Waals surface area contributed by atoms with Crippen molar-refractivity contribution >= 4 is 42.8 Å². The number of rotatable bonds is 5. The van der Waals surface area contributed by atoms with Crippen LogP contribution in [0.3, 0.4) is 0 Å². The summed E-state index contributed by atoms with van der Waals surface area (Å²) in [7, 11) is -3.44. The first-order valence-electron chi connectivity index (χ1n) is 6.22. The van der Waals surface area contributed by atoms with Gasteiger partial charge < -0.3 is 4.40 Å². The molecular formula is C13H12BrN3O2S2. The zero-order valence-corrected chi connectivity index (χ0v) is 14.1. The second-order valence-corrected chi connectivity index (χ2v) is 8.83. The number of thiophene rings is 1. The molecule has 0 aliphatic carbocycles. The Morgan fingerprint density at radius 2 is 2.14 bits per heavy atom. The summed E-state index contributed by atoms with van der Waals surface area (Å²) in [5, 5.41) is 0. The van der Waals surface area contributed by atoms with Gasteiger partial charge in [0.2, 0.25) is 10.0 Å². The van der Waals surface area contributed by atoms with E-state index in [1.807, 2.05) is 28.8 Å². The van der Waals surface area contributed by atoms with E-state index in [9.17, 15) is 8.42 Å². The lowest BCUT2D eigenvalue weighted by Crippen LogP contribution is -2.25. The fourth-order valence-corrected chi connectivity index (χ4v) is 5.08. The van der Waals surface area contributed by atoms with Crippen molar-refractivity contribution in [3.63, 3.8) is 0 Å². The summed E-state index contributed by atoms with van der Waals surface area (Å²) in [6, 6.07) is 9.14. The second kappa shape index (κ2) is 5.88. The summed E-state index contributed by atoms with van der Waals surface area (Å²) >= 11 is 4.45. The lowest BCUT2D eigenvalue weighted by atomic mass is 10.4. The zero-order valence-electron chi connectivity index (χ0n) is 10.9. The monoisotopic (exact) mass is 385 g/mol. The number of hydrogen-bond acceptors (Lipinski definition) is 4. The van der Waals surface area contributed by atoms with Crippen LogP contribution in [-0.2, 0) is 16.4 Å². The first kappa shape index (κ1) is 14.7. The summed E-state index contributed by atoms with van der Waals surface area (Å²) in [4.78, 5) is 4.31. The molecule has 3 aromatic rings. The molecule has 0 atom stereocenters. The molecule has 0 saturated heterocycles. The van der Waals surface area contributed by atoms with Crippen LogP contribution in [0.1, 0.15) is 5.82 Å². The molecule has 0 aliphatic heterocycles. The predicted molar refractivity (Wildman–Crippen MR) is 86.1 cm³/mol. The molecule has 0 radical (unpaired) electrons. The fourth-order valence-electron chi connectivity index (χ4n) is 1.99. The van der Waals surface area contributed by atoms with Crippen molar-refractivity contribution in [3.8, 4) is 0 Å². The van der Waals surface area contributed by atoms with Crippen molar-refractivity contribution < 1.29 is 8.42 Å². The Bertz CT molecular complexity index is 870. The van der Waals surface area contributed by atoms with E-state index in [0.29, 0.717) is 17.2 Å². The van der Waals surface area contributed by atoms with Crippen molar-refractivity contribution in [1.82, 2.24) is 14.1 Å². The van der Waals surface area contributed by atoms with Crippen molar-refractivity contribution in [2.45, 2.75) is 10.6 Å². The number of fused-ring (bicyclic) bond motifs is 1. The normalized spacial score (nSPS) is 12.0. The van der Waals surface area contributed by atoms with Gasteiger partial charge in [-0.25, -0.2) is 18.1 Å². The highest BCUT2D eigenvalue weighted by molar-refractivity contribution is 9.11. The molecule has 0 unspecified atom stereocenters. The lowest BCUT2D eigenvalue weighted by Gasteiger charge is -2.04. The Hall–Kier alpha value is -1.22. The summed E-state index contributed by atoms with van der Waals surface area (Å²) in [5.74, 6) is 0.834. The predicted octanol–water partition coefficient (Wildman–Crippen LogP) is 2.68. The van der Waals surface area contributed by atoms with Crippen LogP contribution < -0.4 is 4.72 Å². The second-order valence-electron chi connectivity index (χ2n) is 4.38. The Kier molecular flexibility index (Phi) is 4.12. The molecule has 5 nitrogen and oxygen atoms in total. The van der Waals surface area contributed by atoms with Crippen LogP contribution in [0.4, 0.5) is 0 Å². The third-order valence-electron chi connectivity index (χ3n) is 2.97. The molecule has 0 saturated carbocycles. The summed E-state index contributed by atoms with van der Waals surface area (Å²) in [6.07, 6.45) is 4.23. The van der Waals surface area contributed by atoms with E-state index >= 15 is 0 Å². The summed E-state index contributed by atoms with van der Waals surface area (Å²) in [5.41, 5.74) is 0.998. The van der Waals surface area contributed by atoms with Crippen molar-refractivity contribution in [2.75, 3.05) is 6.54 Å². The summed E-state index contributed by atoms with van der Waals surface area (Å²) in [6.45, 7) is 0.311. The van der Waals surface area contributed by atoms with Gasteiger partial charge in [0.1, 0.15) is 10.0 Å². The largest absolute Gasteiger partial charge is 0.304 e. The molecule has 0 amide bonds. The number of pyridine rings is 1. The smallest absolute Gasteiger partial charge is 0.250 e. The number of aromatic nitrogens is 2. The lowest BCUT2D eigenvalue weighted by molar-refractivity contribution is 0.583. The van der Waals surface area contributed by atoms with E-state index in [2.05, 4.69) is 25.6 Å². The van der Waals surface area contributed by atoms with E-state index in [-0.39, 0.29) is 0 Å². The van der Waals surface area contributed by atoms with Gasteiger partial charge >= 0.3 is 0 Å². The van der Waals surface area contributed by atoms with Crippen molar-refractivity contribution in [2.24, 2.45) is 0 Å². The van der Waals surface area contributed by atoms with Crippen LogP contribution in [-0.4, -0.2) is 24.3 Å². The average molecular weight is 386 g/mol. The van der Waals surface area contributed by atoms with Gasteiger partial charge in [0, 0.05) is 19.2 Å². The number of nitrogens with one attached hydrogen (secondary N) is 1. The van der Waals surface area contributed by atoms with Crippen LogP contribution in [0.2, 0.25) is 0 Å². The van der Waals surface area contributed by atoms with Crippen LogP contribution in [0.15, 0.2) is 50.7 Å². The minimum absolute atomic E-state index is 0.308. The van der Waals surface area contributed by atoms with Gasteiger partial charge in [-0.1, -0.05) is 6.07 Å². The maximum Gasteiger partial charge on any atom is 0.250 e. The minimum Gasteiger partial charge on any atom is -0.304 e. The standard InChI is InChI=1S/C13H12BrN3O2S2/c14-11-4-5-13(20-11)21(18,19)16-7-6-12-15-9-10-3-1-2-8-17(10)12/h1-5,8-9,16H,6-7H2. The van der Waals surface area contributed by atoms with E-state index in [0.717, 1.165) is 15.1 Å². The maximum atomic E-state index is 12.1. The first-order chi connectivity index (χ1) is 10.1. The molecule has 21 heavy (non-hydrogen) atoms. The highest BCUT2D eigenvalue weighted by atomic mass is 79.9. The molecule has 1 N–H and O–H groups in total. The van der Waals surface area contributed by atoms with E-state index in [1.54, 1.807) is 18.3 Å². The number of sulfonamides is 1. The molecule has 3 aromatic heterocycles. The molecule has 0 fully saturated rings. The van der Waals surface area contributed by atoms with Crippen LogP contribution in [0, 0.1) is 0 Å². The number of imidazole rings is 1. The van der Waals surface area contributed by atoms with E-state index in [4.69, 9.17) is 0 Å². The highest BCUT2D eigenvalue weighted by Gasteiger charge is 2.16. The maximum absolute atomic E-state index is 12.1. The van der Waals surface area contributed by atoms with E-state index in [1.165, 1.54) is 11.3 Å². The number of nitrogens with zero attached hydrogens (tertiary/aromatic N) is 2. The van der Waals surface area contributed by atoms with Crippen molar-refractivity contribution in [1.29, 1.82) is 0 Å². The minimum atomic E-state index is -3.44. The fraction of sp³-hybridized carbons (Fsp3) is 0.154. The van der Waals surface area contributed by atoms with Crippen LogP contribution in [0.5, 0.6) is 0 Å². The number of halogens is 1. The van der Waals surface area contributed by atoms with Gasteiger partial charge in [-0.05, 0) is 40.2 Å². The Labute approximate surface area is 134 Å². The van der Waals surface area contributed by atoms with Crippen LogP contribution >= 0.6 is 27.3 Å². The molecule has 0 aliphatic rings. The highest BCUT2D eigenvalue weighted by Crippen LogP contribution is 2.25. The first-order valence-corrected chi connectivity index (χ1v) is 9.31. The van der Waals surface area contributed by atoms with Crippen molar-refractivity contribution in [3.05, 3.63) is 52.3 Å². The zero-order chi connectivity index (χ0) is 14.9. The molecule has 3 heterocycles. The Morgan fingerprint density at radius 3 is 2.90 bits per heavy atom. The molecule has 0 bridgehead atoms. The Morgan fingerprint density at radius 1 is 1.29 bits per heavy atom. The van der Waals surface area contributed by atoms with E-state index < -0.39 is 10.0 Å². The van der Waals surface area contributed by atoms with Gasteiger partial charge in [0.15, 0.2) is 0 Å². The molecule has 3 rings (SSSR count). The topological polar surface area (TPSA) is 63.5 Å². The van der Waals surface area contributed by atoms with Gasteiger partial charge in [0.05, 0.1) is 15.5 Å². The Balaban J connectivity index is 1.69. The summed E-state index contributed by atoms with van der Waals surface area (Å²) < 4.78 is 29.8. The van der Waals surface area contributed by atoms with Gasteiger partial charge in [-0.2, -0.15) is 0 Å².